The number of hydrazine groups is 1. The molecule has 2 aliphatic heterocycles. The second-order valence-corrected chi connectivity index (χ2v) is 10.2. The standard InChI is InChI=1S/C25H34N6O2/c1-30(2)25(33)18-10-9-17(13-19(18)15-7-8-15)28-23-22-21(11-12-27-24(22)32)31(29-23)20-6-4-3-5-16(20)14-26/h9-10,13,15-16,20-23,28-29H,3-8,11-12H2,1-2H3,(H,27,32)/t16-,20+,21?,22?,23?/m1/s1. The van der Waals surface area contributed by atoms with Crippen molar-refractivity contribution >= 4 is 17.5 Å². The molecule has 5 atom stereocenters. The van der Waals surface area contributed by atoms with Crippen molar-refractivity contribution in [3.8, 4) is 6.07 Å². The number of amides is 2. The highest BCUT2D eigenvalue weighted by molar-refractivity contribution is 5.96. The Balaban J connectivity index is 1.40. The number of fused-ring (bicyclic) bond motifs is 1. The smallest absolute Gasteiger partial charge is 0.253 e. The maximum Gasteiger partial charge on any atom is 0.253 e. The van der Waals surface area contributed by atoms with E-state index in [2.05, 4.69) is 33.2 Å². The van der Waals surface area contributed by atoms with Crippen LogP contribution in [0, 0.1) is 23.2 Å². The van der Waals surface area contributed by atoms with Gasteiger partial charge in [-0.1, -0.05) is 12.8 Å². The second kappa shape index (κ2) is 8.96. The number of piperidine rings is 1. The fraction of sp³-hybridized carbons (Fsp3) is 0.640. The van der Waals surface area contributed by atoms with Crippen LogP contribution in [0.4, 0.5) is 5.69 Å². The van der Waals surface area contributed by atoms with Crippen molar-refractivity contribution in [1.29, 1.82) is 5.26 Å². The molecule has 0 bridgehead atoms. The molecule has 176 valence electrons. The number of benzene rings is 1. The molecule has 8 heteroatoms. The Kier molecular flexibility index (Phi) is 6.02. The van der Waals surface area contributed by atoms with Crippen LogP contribution < -0.4 is 16.1 Å². The number of nitriles is 1. The molecule has 0 spiro atoms. The van der Waals surface area contributed by atoms with Gasteiger partial charge in [0.2, 0.25) is 5.91 Å². The van der Waals surface area contributed by atoms with Crippen LogP contribution in [0.15, 0.2) is 18.2 Å². The molecule has 33 heavy (non-hydrogen) atoms. The molecule has 4 fully saturated rings. The van der Waals surface area contributed by atoms with Crippen molar-refractivity contribution in [2.24, 2.45) is 11.8 Å². The summed E-state index contributed by atoms with van der Waals surface area (Å²) < 4.78 is 0. The highest BCUT2D eigenvalue weighted by Gasteiger charge is 2.51. The number of nitrogens with one attached hydrogen (secondary N) is 3. The number of nitrogens with zero attached hydrogens (tertiary/aromatic N) is 3. The van der Waals surface area contributed by atoms with E-state index in [0.29, 0.717) is 12.5 Å². The van der Waals surface area contributed by atoms with Gasteiger partial charge in [-0.15, -0.1) is 0 Å². The maximum atomic E-state index is 12.9. The van der Waals surface area contributed by atoms with Crippen LogP contribution in [-0.4, -0.2) is 60.6 Å². The largest absolute Gasteiger partial charge is 0.368 e. The lowest BCUT2D eigenvalue weighted by atomic mass is 9.83. The van der Waals surface area contributed by atoms with E-state index in [4.69, 9.17) is 0 Å². The van der Waals surface area contributed by atoms with Gasteiger partial charge in [0, 0.05) is 44.0 Å². The van der Waals surface area contributed by atoms with Crippen LogP contribution in [0.5, 0.6) is 0 Å². The average molecular weight is 451 g/mol. The molecule has 0 radical (unpaired) electrons. The molecule has 8 nitrogen and oxygen atoms in total. The van der Waals surface area contributed by atoms with E-state index in [9.17, 15) is 14.9 Å². The highest BCUT2D eigenvalue weighted by atomic mass is 16.2. The first kappa shape index (κ1) is 22.2. The van der Waals surface area contributed by atoms with E-state index in [-0.39, 0.29) is 41.9 Å². The van der Waals surface area contributed by atoms with E-state index < -0.39 is 0 Å². The van der Waals surface area contributed by atoms with Crippen molar-refractivity contribution in [1.82, 2.24) is 20.7 Å². The Labute approximate surface area is 195 Å². The van der Waals surface area contributed by atoms with E-state index in [1.165, 1.54) is 0 Å². The van der Waals surface area contributed by atoms with Crippen LogP contribution in [0.2, 0.25) is 0 Å². The van der Waals surface area contributed by atoms with Crippen LogP contribution in [0.25, 0.3) is 0 Å². The van der Waals surface area contributed by atoms with Crippen LogP contribution in [0.1, 0.15) is 66.8 Å². The van der Waals surface area contributed by atoms with Crippen molar-refractivity contribution in [3.05, 3.63) is 29.3 Å². The molecule has 0 aromatic heterocycles. The lowest BCUT2D eigenvalue weighted by Crippen LogP contribution is -2.54. The first-order valence-electron chi connectivity index (χ1n) is 12.3. The number of anilines is 1. The third kappa shape index (κ3) is 4.20. The Morgan fingerprint density at radius 1 is 1.15 bits per heavy atom. The van der Waals surface area contributed by atoms with Crippen molar-refractivity contribution in [2.45, 2.75) is 69.1 Å². The van der Waals surface area contributed by atoms with Gasteiger partial charge >= 0.3 is 0 Å². The maximum absolute atomic E-state index is 12.9. The third-order valence-electron chi connectivity index (χ3n) is 7.74. The van der Waals surface area contributed by atoms with Gasteiger partial charge in [0.05, 0.1) is 17.9 Å². The summed E-state index contributed by atoms with van der Waals surface area (Å²) in [6.45, 7) is 0.669. The van der Waals surface area contributed by atoms with Gasteiger partial charge < -0.3 is 15.5 Å². The van der Waals surface area contributed by atoms with Gasteiger partial charge in [-0.25, -0.2) is 10.4 Å². The van der Waals surface area contributed by atoms with Gasteiger partial charge in [-0.2, -0.15) is 5.26 Å². The molecule has 2 saturated carbocycles. The molecular formula is C25H34N6O2. The molecular weight excluding hydrogens is 416 g/mol. The molecule has 2 amide bonds. The molecule has 3 N–H and O–H groups in total. The zero-order chi connectivity index (χ0) is 23.1. The van der Waals surface area contributed by atoms with Crippen molar-refractivity contribution in [3.63, 3.8) is 0 Å². The summed E-state index contributed by atoms with van der Waals surface area (Å²) in [6, 6.07) is 8.68. The van der Waals surface area contributed by atoms with Crippen LogP contribution >= 0.6 is 0 Å². The van der Waals surface area contributed by atoms with E-state index >= 15 is 0 Å². The number of rotatable bonds is 5. The van der Waals surface area contributed by atoms with Gasteiger partial charge in [-0.3, -0.25) is 9.59 Å². The monoisotopic (exact) mass is 450 g/mol. The summed E-state index contributed by atoms with van der Waals surface area (Å²) in [5, 5.41) is 18.6. The summed E-state index contributed by atoms with van der Waals surface area (Å²) in [7, 11) is 3.56. The number of carbonyl (C=O) groups excluding carboxylic acids is 2. The minimum absolute atomic E-state index is 0.00608. The molecule has 2 heterocycles. The van der Waals surface area contributed by atoms with E-state index in [1.54, 1.807) is 19.0 Å². The number of hydrogen-bond donors (Lipinski definition) is 3. The Bertz CT molecular complexity index is 968. The molecule has 2 saturated heterocycles. The molecule has 1 aromatic carbocycles. The van der Waals surface area contributed by atoms with Crippen LogP contribution in [-0.2, 0) is 4.79 Å². The van der Waals surface area contributed by atoms with Crippen molar-refractivity contribution in [2.75, 3.05) is 26.0 Å². The normalized spacial score (nSPS) is 31.9. The first-order chi connectivity index (χ1) is 16.0. The minimum Gasteiger partial charge on any atom is -0.368 e. The molecule has 2 aliphatic carbocycles. The molecule has 5 rings (SSSR count). The van der Waals surface area contributed by atoms with Crippen LogP contribution in [0.3, 0.4) is 0 Å². The Morgan fingerprint density at radius 2 is 1.94 bits per heavy atom. The van der Waals surface area contributed by atoms with Gasteiger partial charge in [-0.05, 0) is 61.8 Å². The Hall–Kier alpha value is -2.63. The third-order valence-corrected chi connectivity index (χ3v) is 7.74. The molecule has 1 aromatic rings. The predicted molar refractivity (Wildman–Crippen MR) is 125 cm³/mol. The zero-order valence-corrected chi connectivity index (χ0v) is 19.5. The minimum atomic E-state index is -0.251. The molecule has 4 aliphatic rings. The predicted octanol–water partition coefficient (Wildman–Crippen LogP) is 2.41. The van der Waals surface area contributed by atoms with E-state index in [0.717, 1.165) is 61.8 Å². The summed E-state index contributed by atoms with van der Waals surface area (Å²) in [6.07, 6.45) is 6.96. The average Bonchev–Trinajstić information content (AvgIpc) is 3.61. The lowest BCUT2D eigenvalue weighted by molar-refractivity contribution is -0.128. The summed E-state index contributed by atoms with van der Waals surface area (Å²) >= 11 is 0. The summed E-state index contributed by atoms with van der Waals surface area (Å²) in [5.41, 5.74) is 6.38. The van der Waals surface area contributed by atoms with Crippen molar-refractivity contribution < 1.29 is 9.59 Å². The number of hydrogen-bond acceptors (Lipinski definition) is 6. The zero-order valence-electron chi connectivity index (χ0n) is 19.5. The topological polar surface area (TPSA) is 100 Å². The number of carbonyl (C=O) groups is 2. The van der Waals surface area contributed by atoms with Gasteiger partial charge in [0.25, 0.3) is 5.91 Å². The quantitative estimate of drug-likeness (QED) is 0.637. The van der Waals surface area contributed by atoms with Gasteiger partial charge in [0.15, 0.2) is 0 Å². The molecule has 3 unspecified atom stereocenters. The summed E-state index contributed by atoms with van der Waals surface area (Å²) in [4.78, 5) is 27.2. The fourth-order valence-electron chi connectivity index (χ4n) is 5.90. The SMILES string of the molecule is CN(C)C(=O)c1ccc(NC2NN([C@H]3CCCC[C@@H]3C#N)C3CCNC(=O)C23)cc1C1CC1. The van der Waals surface area contributed by atoms with Gasteiger partial charge in [0.1, 0.15) is 6.17 Å². The first-order valence-corrected chi connectivity index (χ1v) is 12.3. The summed E-state index contributed by atoms with van der Waals surface area (Å²) in [5.74, 6) is 0.286. The van der Waals surface area contributed by atoms with E-state index in [1.807, 2.05) is 12.1 Å². The fourth-order valence-corrected chi connectivity index (χ4v) is 5.90. The Morgan fingerprint density at radius 3 is 2.67 bits per heavy atom. The lowest BCUT2D eigenvalue weighted by Gasteiger charge is -2.39. The highest BCUT2D eigenvalue weighted by Crippen LogP contribution is 2.43. The second-order valence-electron chi connectivity index (χ2n) is 10.2.